The van der Waals surface area contributed by atoms with Crippen LogP contribution in [0.15, 0.2) is 18.2 Å². The van der Waals surface area contributed by atoms with Crippen molar-refractivity contribution < 1.29 is 23.0 Å². The molecule has 1 aromatic carbocycles. The molecule has 0 aromatic heterocycles. The first kappa shape index (κ1) is 13.6. The van der Waals surface area contributed by atoms with E-state index in [1.165, 1.54) is 19.2 Å². The van der Waals surface area contributed by atoms with Crippen LogP contribution in [-0.4, -0.2) is 18.4 Å². The molecule has 3 N–H and O–H groups in total. The number of ether oxygens (including phenoxy) is 1. The highest BCUT2D eigenvalue weighted by Gasteiger charge is 2.27. The van der Waals surface area contributed by atoms with Gasteiger partial charge in [0.05, 0.1) is 7.11 Å². The van der Waals surface area contributed by atoms with Gasteiger partial charge in [0.25, 0.3) is 0 Å². The molecular weight excluding hydrogens is 235 g/mol. The minimum Gasteiger partial charge on any atom is -0.504 e. The maximum absolute atomic E-state index is 12.0. The Morgan fingerprint density at radius 3 is 2.53 bits per heavy atom. The molecule has 1 rings (SSSR count). The zero-order valence-corrected chi connectivity index (χ0v) is 9.29. The van der Waals surface area contributed by atoms with E-state index < -0.39 is 18.6 Å². The average Bonchev–Trinajstić information content (AvgIpc) is 2.24. The molecule has 3 nitrogen and oxygen atoms in total. The summed E-state index contributed by atoms with van der Waals surface area (Å²) in [6, 6.07) is 3.57. The van der Waals surface area contributed by atoms with E-state index in [-0.39, 0.29) is 17.9 Å². The molecule has 0 heterocycles. The first-order valence-electron chi connectivity index (χ1n) is 5.02. The van der Waals surface area contributed by atoms with Crippen molar-refractivity contribution in [3.05, 3.63) is 23.8 Å². The van der Waals surface area contributed by atoms with E-state index in [9.17, 15) is 18.3 Å². The molecule has 0 aliphatic heterocycles. The summed E-state index contributed by atoms with van der Waals surface area (Å²) in [5, 5.41) is 9.47. The van der Waals surface area contributed by atoms with E-state index in [0.29, 0.717) is 5.56 Å². The highest BCUT2D eigenvalue weighted by Crippen LogP contribution is 2.31. The van der Waals surface area contributed by atoms with Crippen LogP contribution in [-0.2, 0) is 0 Å². The number of alkyl halides is 3. The monoisotopic (exact) mass is 249 g/mol. The molecule has 0 spiro atoms. The zero-order chi connectivity index (χ0) is 13.1. The summed E-state index contributed by atoms with van der Waals surface area (Å²) in [6.07, 6.45) is -5.37. The second-order valence-electron chi connectivity index (χ2n) is 3.69. The lowest BCUT2D eigenvalue weighted by Crippen LogP contribution is -2.15. The van der Waals surface area contributed by atoms with Crippen LogP contribution in [0, 0.1) is 0 Å². The van der Waals surface area contributed by atoms with Crippen molar-refractivity contribution in [2.45, 2.75) is 25.1 Å². The van der Waals surface area contributed by atoms with Gasteiger partial charge in [-0.05, 0) is 24.1 Å². The molecule has 0 bridgehead atoms. The third-order valence-corrected chi connectivity index (χ3v) is 2.37. The summed E-state index contributed by atoms with van der Waals surface area (Å²) in [7, 11) is 1.39. The van der Waals surface area contributed by atoms with Crippen LogP contribution >= 0.6 is 0 Å². The van der Waals surface area contributed by atoms with Crippen LogP contribution in [0.25, 0.3) is 0 Å². The molecule has 6 heteroatoms. The van der Waals surface area contributed by atoms with Gasteiger partial charge >= 0.3 is 6.18 Å². The van der Waals surface area contributed by atoms with E-state index >= 15 is 0 Å². The number of phenols is 1. The Morgan fingerprint density at radius 2 is 2.06 bits per heavy atom. The summed E-state index contributed by atoms with van der Waals surface area (Å²) >= 11 is 0. The first-order chi connectivity index (χ1) is 7.83. The number of hydrogen-bond donors (Lipinski definition) is 2. The average molecular weight is 249 g/mol. The van der Waals surface area contributed by atoms with Gasteiger partial charge in [-0.1, -0.05) is 6.07 Å². The van der Waals surface area contributed by atoms with Gasteiger partial charge in [0.2, 0.25) is 0 Å². The van der Waals surface area contributed by atoms with Gasteiger partial charge in [-0.2, -0.15) is 13.2 Å². The van der Waals surface area contributed by atoms with E-state index in [2.05, 4.69) is 0 Å². The summed E-state index contributed by atoms with van der Waals surface area (Å²) in [5.41, 5.74) is 6.06. The second-order valence-corrected chi connectivity index (χ2v) is 3.69. The van der Waals surface area contributed by atoms with Gasteiger partial charge in [0, 0.05) is 12.5 Å². The lowest BCUT2D eigenvalue weighted by Gasteiger charge is -2.14. The van der Waals surface area contributed by atoms with Gasteiger partial charge in [-0.15, -0.1) is 0 Å². The van der Waals surface area contributed by atoms with Gasteiger partial charge in [0.1, 0.15) is 0 Å². The fourth-order valence-electron chi connectivity index (χ4n) is 1.42. The van der Waals surface area contributed by atoms with Crippen molar-refractivity contribution in [1.29, 1.82) is 0 Å². The number of benzene rings is 1. The molecule has 0 fully saturated rings. The number of halogens is 3. The number of phenolic OH excluding ortho intramolecular Hbond substituents is 1. The predicted molar refractivity (Wildman–Crippen MR) is 56.9 cm³/mol. The van der Waals surface area contributed by atoms with Gasteiger partial charge in [-0.25, -0.2) is 0 Å². The molecule has 1 atom stereocenters. The maximum Gasteiger partial charge on any atom is 0.389 e. The largest absolute Gasteiger partial charge is 0.504 e. The molecule has 17 heavy (non-hydrogen) atoms. The van der Waals surface area contributed by atoms with E-state index in [1.807, 2.05) is 0 Å². The smallest absolute Gasteiger partial charge is 0.389 e. The molecule has 0 aliphatic rings. The van der Waals surface area contributed by atoms with E-state index in [0.717, 1.165) is 0 Å². The molecule has 0 saturated heterocycles. The van der Waals surface area contributed by atoms with Crippen molar-refractivity contribution in [3.63, 3.8) is 0 Å². The van der Waals surface area contributed by atoms with Crippen LogP contribution in [0.2, 0.25) is 0 Å². The molecule has 0 saturated carbocycles. The number of aromatic hydroxyl groups is 1. The van der Waals surface area contributed by atoms with Crippen LogP contribution in [0.1, 0.15) is 24.4 Å². The number of methoxy groups -OCH3 is 1. The standard InChI is InChI=1S/C11H14F3NO2/c1-17-10-3-2-7(6-9(10)16)8(15)4-5-11(12,13)14/h2-3,6,8,16H,4-5,15H2,1H3/t8-/m1/s1. The fraction of sp³-hybridized carbons (Fsp3) is 0.455. The third-order valence-electron chi connectivity index (χ3n) is 2.37. The van der Waals surface area contributed by atoms with Crippen molar-refractivity contribution in [1.82, 2.24) is 0 Å². The first-order valence-corrected chi connectivity index (χ1v) is 5.02. The van der Waals surface area contributed by atoms with Crippen LogP contribution < -0.4 is 10.5 Å². The predicted octanol–water partition coefficient (Wildman–Crippen LogP) is 2.74. The SMILES string of the molecule is COc1ccc([C@H](N)CCC(F)(F)F)cc1O. The second kappa shape index (κ2) is 5.27. The number of hydrogen-bond acceptors (Lipinski definition) is 3. The van der Waals surface area contributed by atoms with Crippen molar-refractivity contribution in [3.8, 4) is 11.5 Å². The van der Waals surface area contributed by atoms with Crippen LogP contribution in [0.4, 0.5) is 13.2 Å². The Labute approximate surface area is 97.0 Å². The highest BCUT2D eigenvalue weighted by atomic mass is 19.4. The highest BCUT2D eigenvalue weighted by molar-refractivity contribution is 5.42. The maximum atomic E-state index is 12.0. The van der Waals surface area contributed by atoms with E-state index in [4.69, 9.17) is 10.5 Å². The number of nitrogens with two attached hydrogens (primary N) is 1. The molecule has 0 aliphatic carbocycles. The Balaban J connectivity index is 2.69. The van der Waals surface area contributed by atoms with Gasteiger partial charge in [0.15, 0.2) is 11.5 Å². The topological polar surface area (TPSA) is 55.5 Å². The Kier molecular flexibility index (Phi) is 4.22. The summed E-state index contributed by atoms with van der Waals surface area (Å²) < 4.78 is 40.8. The number of rotatable bonds is 4. The van der Waals surface area contributed by atoms with Crippen molar-refractivity contribution >= 4 is 0 Å². The van der Waals surface area contributed by atoms with Gasteiger partial charge < -0.3 is 15.6 Å². The van der Waals surface area contributed by atoms with Crippen LogP contribution in [0.3, 0.4) is 0 Å². The zero-order valence-electron chi connectivity index (χ0n) is 9.29. The minimum atomic E-state index is -4.22. The summed E-state index contributed by atoms with van der Waals surface area (Å²) in [5.74, 6) is 0.129. The van der Waals surface area contributed by atoms with Crippen molar-refractivity contribution in [2.24, 2.45) is 5.73 Å². The van der Waals surface area contributed by atoms with Crippen LogP contribution in [0.5, 0.6) is 11.5 Å². The normalized spacial score (nSPS) is 13.5. The fourth-order valence-corrected chi connectivity index (χ4v) is 1.42. The Bertz CT molecular complexity index is 379. The molecular formula is C11H14F3NO2. The quantitative estimate of drug-likeness (QED) is 0.862. The summed E-state index contributed by atoms with van der Waals surface area (Å²) in [6.45, 7) is 0. The van der Waals surface area contributed by atoms with E-state index in [1.54, 1.807) is 6.07 Å². The Hall–Kier alpha value is -1.43. The van der Waals surface area contributed by atoms with Gasteiger partial charge in [-0.3, -0.25) is 0 Å². The minimum absolute atomic E-state index is 0.132. The molecule has 0 radical (unpaired) electrons. The molecule has 96 valence electrons. The lowest BCUT2D eigenvalue weighted by atomic mass is 10.0. The lowest BCUT2D eigenvalue weighted by molar-refractivity contribution is -0.136. The summed E-state index contributed by atoms with van der Waals surface area (Å²) in [4.78, 5) is 0. The van der Waals surface area contributed by atoms with Crippen molar-refractivity contribution in [2.75, 3.05) is 7.11 Å². The Morgan fingerprint density at radius 1 is 1.41 bits per heavy atom. The molecule has 1 aromatic rings. The third kappa shape index (κ3) is 4.14. The molecule has 0 unspecified atom stereocenters. The molecule has 0 amide bonds.